The fourth-order valence-electron chi connectivity index (χ4n) is 1.88. The molecule has 0 atom stereocenters. The van der Waals surface area contributed by atoms with Gasteiger partial charge in [-0.25, -0.2) is 17.5 Å². The Labute approximate surface area is 123 Å². The number of halogens is 1. The van der Waals surface area contributed by atoms with E-state index < -0.39 is 15.8 Å². The molecule has 112 valence electrons. The molecule has 21 heavy (non-hydrogen) atoms. The lowest BCUT2D eigenvalue weighted by Crippen LogP contribution is -2.26. The second-order valence-electron chi connectivity index (χ2n) is 4.80. The van der Waals surface area contributed by atoms with Crippen molar-refractivity contribution < 1.29 is 12.8 Å². The highest BCUT2D eigenvalue weighted by Crippen LogP contribution is 2.14. The lowest BCUT2D eigenvalue weighted by atomic mass is 10.1. The SMILES string of the molecule is Cc1cc(S(=O)(=O)NCCc2ccc(N)cc2)ccc1F. The Morgan fingerprint density at radius 1 is 1.14 bits per heavy atom. The van der Waals surface area contributed by atoms with Crippen molar-refractivity contribution in [2.75, 3.05) is 12.3 Å². The summed E-state index contributed by atoms with van der Waals surface area (Å²) in [4.78, 5) is 0.0682. The standard InChI is InChI=1S/C15H17FN2O2S/c1-11-10-14(6-7-15(11)16)21(19,20)18-9-8-12-2-4-13(17)5-3-12/h2-7,10,18H,8-9,17H2,1H3. The summed E-state index contributed by atoms with van der Waals surface area (Å²) in [6.07, 6.45) is 0.555. The van der Waals surface area contributed by atoms with E-state index in [0.717, 1.165) is 11.6 Å². The second-order valence-corrected chi connectivity index (χ2v) is 6.57. The molecular weight excluding hydrogens is 291 g/mol. The molecule has 0 aromatic heterocycles. The number of sulfonamides is 1. The monoisotopic (exact) mass is 308 g/mol. The van der Waals surface area contributed by atoms with E-state index in [9.17, 15) is 12.8 Å². The summed E-state index contributed by atoms with van der Waals surface area (Å²) < 4.78 is 39.8. The molecular formula is C15H17FN2O2S. The summed E-state index contributed by atoms with van der Waals surface area (Å²) >= 11 is 0. The lowest BCUT2D eigenvalue weighted by molar-refractivity contribution is 0.580. The molecule has 0 aliphatic heterocycles. The summed E-state index contributed by atoms with van der Waals surface area (Å²) in [5, 5.41) is 0. The number of anilines is 1. The number of rotatable bonds is 5. The second kappa shape index (κ2) is 6.24. The molecule has 0 heterocycles. The topological polar surface area (TPSA) is 72.2 Å². The smallest absolute Gasteiger partial charge is 0.240 e. The Kier molecular flexibility index (Phi) is 4.59. The first-order valence-electron chi connectivity index (χ1n) is 6.49. The van der Waals surface area contributed by atoms with Crippen LogP contribution >= 0.6 is 0 Å². The van der Waals surface area contributed by atoms with Crippen molar-refractivity contribution in [1.82, 2.24) is 4.72 Å². The first-order chi connectivity index (χ1) is 9.88. The van der Waals surface area contributed by atoms with Gasteiger partial charge in [-0.2, -0.15) is 0 Å². The van der Waals surface area contributed by atoms with Gasteiger partial charge in [0.1, 0.15) is 5.82 Å². The van der Waals surface area contributed by atoms with Crippen molar-refractivity contribution >= 4 is 15.7 Å². The van der Waals surface area contributed by atoms with Crippen LogP contribution < -0.4 is 10.5 Å². The van der Waals surface area contributed by atoms with Gasteiger partial charge in [0.05, 0.1) is 4.90 Å². The molecule has 0 spiro atoms. The van der Waals surface area contributed by atoms with Gasteiger partial charge < -0.3 is 5.73 Å². The van der Waals surface area contributed by atoms with Crippen LogP contribution in [-0.4, -0.2) is 15.0 Å². The van der Waals surface area contributed by atoms with Crippen molar-refractivity contribution in [3.05, 3.63) is 59.4 Å². The molecule has 2 rings (SSSR count). The lowest BCUT2D eigenvalue weighted by Gasteiger charge is -2.08. The van der Waals surface area contributed by atoms with Gasteiger partial charge in [-0.1, -0.05) is 12.1 Å². The number of aryl methyl sites for hydroxylation is 1. The van der Waals surface area contributed by atoms with E-state index in [4.69, 9.17) is 5.73 Å². The van der Waals surface area contributed by atoms with Crippen LogP contribution in [0.2, 0.25) is 0 Å². The van der Waals surface area contributed by atoms with Gasteiger partial charge in [-0.15, -0.1) is 0 Å². The predicted molar refractivity (Wildman–Crippen MR) is 80.9 cm³/mol. The molecule has 0 amide bonds. The Morgan fingerprint density at radius 2 is 1.81 bits per heavy atom. The zero-order chi connectivity index (χ0) is 15.5. The molecule has 3 N–H and O–H groups in total. The van der Waals surface area contributed by atoms with Crippen molar-refractivity contribution in [3.63, 3.8) is 0 Å². The van der Waals surface area contributed by atoms with E-state index in [1.807, 2.05) is 12.1 Å². The van der Waals surface area contributed by atoms with Crippen LogP contribution in [0.15, 0.2) is 47.4 Å². The molecule has 0 saturated heterocycles. The maximum absolute atomic E-state index is 13.2. The quantitative estimate of drug-likeness (QED) is 0.832. The third kappa shape index (κ3) is 4.03. The van der Waals surface area contributed by atoms with Gasteiger partial charge in [0, 0.05) is 12.2 Å². The van der Waals surface area contributed by atoms with Crippen LogP contribution in [-0.2, 0) is 16.4 Å². The Hall–Kier alpha value is -1.92. The largest absolute Gasteiger partial charge is 0.399 e. The minimum absolute atomic E-state index is 0.0682. The van der Waals surface area contributed by atoms with Crippen LogP contribution in [0.25, 0.3) is 0 Å². The first-order valence-corrected chi connectivity index (χ1v) is 7.97. The van der Waals surface area contributed by atoms with Crippen LogP contribution in [0.1, 0.15) is 11.1 Å². The Balaban J connectivity index is 2.01. The number of nitrogens with two attached hydrogens (primary N) is 1. The Morgan fingerprint density at radius 3 is 2.43 bits per heavy atom. The van der Waals surface area contributed by atoms with Crippen LogP contribution in [0.5, 0.6) is 0 Å². The summed E-state index contributed by atoms with van der Waals surface area (Å²) in [5.74, 6) is -0.421. The van der Waals surface area contributed by atoms with Crippen molar-refractivity contribution in [1.29, 1.82) is 0 Å². The molecule has 2 aromatic rings. The zero-order valence-corrected chi connectivity index (χ0v) is 12.5. The highest BCUT2D eigenvalue weighted by atomic mass is 32.2. The third-order valence-electron chi connectivity index (χ3n) is 3.13. The van der Waals surface area contributed by atoms with Crippen LogP contribution in [0.4, 0.5) is 10.1 Å². The molecule has 0 fully saturated rings. The highest BCUT2D eigenvalue weighted by molar-refractivity contribution is 7.89. The van der Waals surface area contributed by atoms with Gasteiger partial charge in [-0.3, -0.25) is 0 Å². The number of benzene rings is 2. The normalized spacial score (nSPS) is 11.5. The van der Waals surface area contributed by atoms with Crippen LogP contribution in [0, 0.1) is 12.7 Å². The Bertz CT molecular complexity index is 728. The molecule has 0 unspecified atom stereocenters. The summed E-state index contributed by atoms with van der Waals surface area (Å²) in [5.41, 5.74) is 7.54. The van der Waals surface area contributed by atoms with Gasteiger partial charge in [0.15, 0.2) is 0 Å². The van der Waals surface area contributed by atoms with Crippen molar-refractivity contribution in [3.8, 4) is 0 Å². The van der Waals surface area contributed by atoms with E-state index in [1.165, 1.54) is 19.1 Å². The fraction of sp³-hybridized carbons (Fsp3) is 0.200. The number of hydrogen-bond acceptors (Lipinski definition) is 3. The maximum Gasteiger partial charge on any atom is 0.240 e. The zero-order valence-electron chi connectivity index (χ0n) is 11.6. The average Bonchev–Trinajstić information content (AvgIpc) is 2.44. The number of nitrogen functional groups attached to an aromatic ring is 1. The average molecular weight is 308 g/mol. The van der Waals surface area contributed by atoms with Crippen molar-refractivity contribution in [2.45, 2.75) is 18.2 Å². The van der Waals surface area contributed by atoms with E-state index >= 15 is 0 Å². The van der Waals surface area contributed by atoms with Crippen LogP contribution in [0.3, 0.4) is 0 Å². The van der Waals surface area contributed by atoms with E-state index in [1.54, 1.807) is 12.1 Å². The molecule has 0 aliphatic carbocycles. The van der Waals surface area contributed by atoms with E-state index in [2.05, 4.69) is 4.72 Å². The van der Waals surface area contributed by atoms with Crippen molar-refractivity contribution in [2.24, 2.45) is 0 Å². The predicted octanol–water partition coefficient (Wildman–Crippen LogP) is 2.24. The summed E-state index contributed by atoms with van der Waals surface area (Å²) in [6.45, 7) is 1.80. The van der Waals surface area contributed by atoms with Gasteiger partial charge in [-0.05, 0) is 54.8 Å². The molecule has 0 aliphatic rings. The summed E-state index contributed by atoms with van der Waals surface area (Å²) in [7, 11) is -3.62. The molecule has 0 radical (unpaired) electrons. The fourth-order valence-corrected chi connectivity index (χ4v) is 3.00. The highest BCUT2D eigenvalue weighted by Gasteiger charge is 2.14. The van der Waals surface area contributed by atoms with E-state index in [0.29, 0.717) is 17.7 Å². The molecule has 0 bridgehead atoms. The van der Waals surface area contributed by atoms with Gasteiger partial charge in [0.25, 0.3) is 0 Å². The third-order valence-corrected chi connectivity index (χ3v) is 4.58. The maximum atomic E-state index is 13.2. The minimum Gasteiger partial charge on any atom is -0.399 e. The number of nitrogens with one attached hydrogen (secondary N) is 1. The van der Waals surface area contributed by atoms with E-state index in [-0.39, 0.29) is 11.4 Å². The molecule has 6 heteroatoms. The number of hydrogen-bond donors (Lipinski definition) is 2. The minimum atomic E-state index is -3.62. The molecule has 0 saturated carbocycles. The molecule has 2 aromatic carbocycles. The van der Waals surface area contributed by atoms with Gasteiger partial charge in [0.2, 0.25) is 10.0 Å². The molecule has 4 nitrogen and oxygen atoms in total. The van der Waals surface area contributed by atoms with Gasteiger partial charge >= 0.3 is 0 Å². The first kappa shape index (κ1) is 15.5. The summed E-state index contributed by atoms with van der Waals surface area (Å²) in [6, 6.07) is 11.0.